The van der Waals surface area contributed by atoms with E-state index in [1.807, 2.05) is 0 Å². The number of fused-ring (bicyclic) bond motifs is 5. The van der Waals surface area contributed by atoms with E-state index in [-0.39, 0.29) is 59.6 Å². The molecule has 3 atom stereocenters. The first-order chi connectivity index (χ1) is 20.1. The molecule has 1 amide bonds. The zero-order valence-corrected chi connectivity index (χ0v) is 22.9. The van der Waals surface area contributed by atoms with Gasteiger partial charge in [-0.15, -0.1) is 0 Å². The third kappa shape index (κ3) is 4.40. The van der Waals surface area contributed by atoms with Crippen molar-refractivity contribution in [2.24, 2.45) is 22.2 Å². The molecule has 6 rings (SSSR count). The molecule has 1 aromatic rings. The minimum Gasteiger partial charge on any atom is -0.457 e. The number of Topliss-reactive ketones (excluding diaryl/α,β-unsaturated/α-hetero) is 1. The van der Waals surface area contributed by atoms with Gasteiger partial charge in [0.05, 0.1) is 23.2 Å². The summed E-state index contributed by atoms with van der Waals surface area (Å²) in [4.78, 5) is 62.0. The monoisotopic (exact) mass is 598 g/mol. The summed E-state index contributed by atoms with van der Waals surface area (Å²) in [6, 6.07) is 1.85. The normalized spacial score (nSPS) is 27.5. The van der Waals surface area contributed by atoms with Crippen LogP contribution in [-0.4, -0.2) is 77.0 Å². The number of aliphatic hydroxyl groups is 1. The number of aliphatic hydroxyl groups excluding tert-OH is 1. The number of aromatic nitrogens is 1. The quantitative estimate of drug-likeness (QED) is 0.288. The number of allylic oxidation sites excluding steroid dienone is 6. The molecule has 5 aliphatic rings. The van der Waals surface area contributed by atoms with Crippen LogP contribution in [0.15, 0.2) is 62.4 Å². The third-order valence-corrected chi connectivity index (χ3v) is 8.93. The Balaban J connectivity index is 1.43. The number of anilines is 1. The fourth-order valence-corrected chi connectivity index (χ4v) is 7.05. The van der Waals surface area contributed by atoms with Crippen LogP contribution in [-0.2, 0) is 19.1 Å². The van der Waals surface area contributed by atoms with Crippen molar-refractivity contribution in [3.8, 4) is 0 Å². The number of nitrogen functional groups attached to an aromatic ring is 1. The molecule has 3 unspecified atom stereocenters. The van der Waals surface area contributed by atoms with Crippen molar-refractivity contribution < 1.29 is 37.8 Å². The summed E-state index contributed by atoms with van der Waals surface area (Å²) in [6.07, 6.45) is 4.88. The van der Waals surface area contributed by atoms with Crippen LogP contribution in [0.5, 0.6) is 0 Å². The minimum absolute atomic E-state index is 0.00275. The SMILES string of the molecule is Nc1ccc(C(=O)COC(=O)C2CN3C(=O)C(CCO)C4(CC4)C3C3=C2C2=CC(=O)C=C(F)/C2=C(\Cl)C=NC3)c(F)n1. The van der Waals surface area contributed by atoms with Gasteiger partial charge in [-0.3, -0.25) is 24.2 Å². The van der Waals surface area contributed by atoms with Gasteiger partial charge in [-0.25, -0.2) is 9.37 Å². The van der Waals surface area contributed by atoms with E-state index in [4.69, 9.17) is 22.1 Å². The van der Waals surface area contributed by atoms with Crippen LogP contribution in [0.3, 0.4) is 0 Å². The number of pyridine rings is 1. The summed E-state index contributed by atoms with van der Waals surface area (Å²) < 4.78 is 34.8. The van der Waals surface area contributed by atoms with Crippen LogP contribution in [0.25, 0.3) is 0 Å². The van der Waals surface area contributed by atoms with E-state index in [1.165, 1.54) is 18.4 Å². The van der Waals surface area contributed by atoms with Crippen LogP contribution in [0.1, 0.15) is 29.6 Å². The Bertz CT molecular complexity index is 1610. The van der Waals surface area contributed by atoms with E-state index in [9.17, 15) is 28.7 Å². The molecule has 218 valence electrons. The second kappa shape index (κ2) is 10.4. The smallest absolute Gasteiger partial charge is 0.315 e. The maximum absolute atomic E-state index is 15.3. The predicted molar refractivity (Wildman–Crippen MR) is 145 cm³/mol. The molecule has 0 bridgehead atoms. The second-order valence-corrected chi connectivity index (χ2v) is 11.3. The number of rotatable bonds is 6. The highest BCUT2D eigenvalue weighted by molar-refractivity contribution is 6.40. The van der Waals surface area contributed by atoms with Crippen molar-refractivity contribution in [2.75, 3.05) is 32.0 Å². The van der Waals surface area contributed by atoms with Gasteiger partial charge in [-0.1, -0.05) is 11.6 Å². The number of aliphatic imine (C=N–C) groups is 1. The number of halogens is 3. The highest BCUT2D eigenvalue weighted by atomic mass is 35.5. The summed E-state index contributed by atoms with van der Waals surface area (Å²) in [7, 11) is 0. The zero-order valence-electron chi connectivity index (χ0n) is 22.1. The Morgan fingerprint density at radius 3 is 2.67 bits per heavy atom. The fourth-order valence-electron chi connectivity index (χ4n) is 6.79. The van der Waals surface area contributed by atoms with Gasteiger partial charge in [-0.2, -0.15) is 4.39 Å². The van der Waals surface area contributed by atoms with Crippen molar-refractivity contribution in [3.63, 3.8) is 0 Å². The van der Waals surface area contributed by atoms with E-state index in [2.05, 4.69) is 9.98 Å². The topological polar surface area (TPSA) is 152 Å². The van der Waals surface area contributed by atoms with E-state index >= 15 is 4.39 Å². The van der Waals surface area contributed by atoms with E-state index in [0.717, 1.165) is 12.1 Å². The summed E-state index contributed by atoms with van der Waals surface area (Å²) in [5.74, 6) is -6.60. The van der Waals surface area contributed by atoms with Gasteiger partial charge in [0.1, 0.15) is 17.6 Å². The zero-order chi connectivity index (χ0) is 29.9. The number of ketones is 2. The molecule has 13 heteroatoms. The van der Waals surface area contributed by atoms with Gasteiger partial charge in [0.2, 0.25) is 17.6 Å². The van der Waals surface area contributed by atoms with Crippen molar-refractivity contribution in [2.45, 2.75) is 25.3 Å². The van der Waals surface area contributed by atoms with Gasteiger partial charge in [0.15, 0.2) is 12.4 Å². The van der Waals surface area contributed by atoms with E-state index < -0.39 is 64.8 Å². The summed E-state index contributed by atoms with van der Waals surface area (Å²) in [5.41, 5.74) is 5.28. The fraction of sp³-hybridized carbons (Fsp3) is 0.379. The molecule has 1 spiro atoms. The van der Waals surface area contributed by atoms with Crippen molar-refractivity contribution in [1.82, 2.24) is 9.88 Å². The van der Waals surface area contributed by atoms with Gasteiger partial charge in [-0.05, 0) is 54.2 Å². The van der Waals surface area contributed by atoms with E-state index in [0.29, 0.717) is 18.4 Å². The largest absolute Gasteiger partial charge is 0.457 e. The number of carbonyl (C=O) groups excluding carboxylic acids is 4. The molecule has 1 saturated carbocycles. The predicted octanol–water partition coefficient (Wildman–Crippen LogP) is 2.38. The van der Waals surface area contributed by atoms with Gasteiger partial charge in [0, 0.05) is 42.3 Å². The number of ether oxygens (including phenoxy) is 1. The van der Waals surface area contributed by atoms with Crippen molar-refractivity contribution in [3.05, 3.63) is 68.9 Å². The lowest BCUT2D eigenvalue weighted by atomic mass is 9.73. The first-order valence-corrected chi connectivity index (χ1v) is 13.7. The van der Waals surface area contributed by atoms with Crippen LogP contribution < -0.4 is 5.73 Å². The highest BCUT2D eigenvalue weighted by Crippen LogP contribution is 2.65. The molecule has 1 saturated heterocycles. The molecule has 1 aromatic heterocycles. The van der Waals surface area contributed by atoms with Crippen molar-refractivity contribution in [1.29, 1.82) is 0 Å². The maximum Gasteiger partial charge on any atom is 0.315 e. The number of hydrogen-bond acceptors (Lipinski definition) is 9. The van der Waals surface area contributed by atoms with Crippen LogP contribution in [0, 0.1) is 23.2 Å². The lowest BCUT2D eigenvalue weighted by Crippen LogP contribution is -2.49. The highest BCUT2D eigenvalue weighted by Gasteiger charge is 2.67. The average molecular weight is 599 g/mol. The van der Waals surface area contributed by atoms with Crippen LogP contribution in [0.4, 0.5) is 14.6 Å². The molecule has 10 nitrogen and oxygen atoms in total. The standard InChI is InChI=1S/C29H25ClF2N4O6/c30-19-10-34-9-16-23(15-7-13(38)8-20(31)24(15)19)17(11-36-25(16)29(4-5-29)18(3-6-37)27(36)40)28(41)42-12-21(39)14-1-2-22(33)35-26(14)32/h1-2,7-8,10,17-18,25,37H,3-6,9,11-12H2,(H2,33,35)/b24-19-,34-10?. The number of nitrogens with two attached hydrogens (primary N) is 1. The van der Waals surface area contributed by atoms with Crippen LogP contribution in [0.2, 0.25) is 0 Å². The van der Waals surface area contributed by atoms with Gasteiger partial charge in [0.25, 0.3) is 0 Å². The van der Waals surface area contributed by atoms with Gasteiger partial charge >= 0.3 is 5.97 Å². The van der Waals surface area contributed by atoms with Crippen LogP contribution >= 0.6 is 11.6 Å². The summed E-state index contributed by atoms with van der Waals surface area (Å²) >= 11 is 6.40. The Labute approximate surface area is 243 Å². The lowest BCUT2D eigenvalue weighted by molar-refractivity contribution is -0.148. The number of hydrogen-bond donors (Lipinski definition) is 2. The lowest BCUT2D eigenvalue weighted by Gasteiger charge is -2.41. The molecule has 0 aromatic carbocycles. The molecule has 2 fully saturated rings. The summed E-state index contributed by atoms with van der Waals surface area (Å²) in [5, 5.41) is 9.64. The first-order valence-electron chi connectivity index (χ1n) is 13.4. The average Bonchev–Trinajstić information content (AvgIpc) is 3.69. The molecular weight excluding hydrogens is 574 g/mol. The molecule has 42 heavy (non-hydrogen) atoms. The number of amides is 1. The molecule has 2 aliphatic carbocycles. The molecule has 0 radical (unpaired) electrons. The summed E-state index contributed by atoms with van der Waals surface area (Å²) in [6.45, 7) is -1.22. The maximum atomic E-state index is 15.3. The Morgan fingerprint density at radius 1 is 1.21 bits per heavy atom. The molecule has 3 aliphatic heterocycles. The Kier molecular flexibility index (Phi) is 6.93. The minimum atomic E-state index is -1.25. The molecular formula is C29H25ClF2N4O6. The van der Waals surface area contributed by atoms with Gasteiger partial charge < -0.3 is 20.5 Å². The number of carbonyl (C=O) groups is 4. The first kappa shape index (κ1) is 28.1. The second-order valence-electron chi connectivity index (χ2n) is 10.9. The van der Waals surface area contributed by atoms with E-state index in [1.54, 1.807) is 4.90 Å². The number of esters is 1. The molecule has 3 N–H and O–H groups in total. The third-order valence-electron chi connectivity index (χ3n) is 8.64. The Hall–Kier alpha value is -4.03. The number of nitrogens with zero attached hydrogens (tertiary/aromatic N) is 3. The Morgan fingerprint density at radius 2 is 1.98 bits per heavy atom. The molecule has 4 heterocycles. The van der Waals surface area contributed by atoms with Crippen molar-refractivity contribution >= 4 is 47.1 Å².